The number of nitrogens with one attached hydrogen (secondary N) is 1. The van der Waals surface area contributed by atoms with Crippen LogP contribution in [0.4, 0.5) is 10.1 Å². The number of hydrogen-bond donors (Lipinski definition) is 2. The third kappa shape index (κ3) is 2.91. The average Bonchev–Trinajstić information content (AvgIpc) is 2.40. The molecule has 0 saturated carbocycles. The molecule has 0 bridgehead atoms. The van der Waals surface area contributed by atoms with E-state index in [1.54, 1.807) is 12.1 Å². The van der Waals surface area contributed by atoms with Gasteiger partial charge >= 0.3 is 0 Å². The van der Waals surface area contributed by atoms with Crippen LogP contribution in [-0.4, -0.2) is 12.9 Å². The molecule has 20 heavy (non-hydrogen) atoms. The zero-order chi connectivity index (χ0) is 14.7. The lowest BCUT2D eigenvalue weighted by atomic mass is 10.1. The summed E-state index contributed by atoms with van der Waals surface area (Å²) in [5.41, 5.74) is 7.07. The Morgan fingerprint density at radius 3 is 2.60 bits per heavy atom. The number of nitrogens with zero attached hydrogens (tertiary/aromatic N) is 1. The Morgan fingerprint density at radius 2 is 1.95 bits per heavy atom. The molecule has 2 rings (SSSR count). The minimum absolute atomic E-state index is 0.113. The van der Waals surface area contributed by atoms with Gasteiger partial charge in [0.05, 0.1) is 11.3 Å². The van der Waals surface area contributed by atoms with E-state index in [0.717, 1.165) is 5.56 Å². The van der Waals surface area contributed by atoms with E-state index >= 15 is 0 Å². The Bertz CT molecular complexity index is 643. The Labute approximate surface area is 122 Å². The van der Waals surface area contributed by atoms with Crippen molar-refractivity contribution in [3.05, 3.63) is 64.4 Å². The maximum Gasteiger partial charge on any atom is 0.136 e. The molecule has 0 aliphatic rings. The van der Waals surface area contributed by atoms with E-state index in [0.29, 0.717) is 17.3 Å². The minimum Gasteiger partial charge on any atom is -0.384 e. The van der Waals surface area contributed by atoms with Crippen LogP contribution in [0.1, 0.15) is 11.1 Å². The van der Waals surface area contributed by atoms with Gasteiger partial charge in [-0.15, -0.1) is 0 Å². The number of nitrogens with two attached hydrogens (primary N) is 1. The molecule has 2 aromatic rings. The number of benzene rings is 2. The van der Waals surface area contributed by atoms with E-state index in [2.05, 4.69) is 0 Å². The first-order valence-electron chi connectivity index (χ1n) is 6.08. The number of amidine groups is 1. The molecule has 0 spiro atoms. The predicted octanol–water partition coefficient (Wildman–Crippen LogP) is 3.40. The van der Waals surface area contributed by atoms with Gasteiger partial charge in [-0.1, -0.05) is 35.9 Å². The van der Waals surface area contributed by atoms with Crippen molar-refractivity contribution in [3.8, 4) is 0 Å². The number of hydrogen-bond acceptors (Lipinski definition) is 2. The standard InChI is InChI=1S/C15H15ClFN3/c1-20(9-10-5-2-3-6-11(10)16)13-8-4-7-12(17)14(13)15(18)19/h2-8H,9H2,1H3,(H3,18,19). The topological polar surface area (TPSA) is 53.1 Å². The molecule has 0 amide bonds. The van der Waals surface area contributed by atoms with Gasteiger partial charge in [0, 0.05) is 18.6 Å². The van der Waals surface area contributed by atoms with Crippen molar-refractivity contribution in [1.82, 2.24) is 0 Å². The highest BCUT2D eigenvalue weighted by Gasteiger charge is 2.15. The van der Waals surface area contributed by atoms with Crippen LogP contribution in [0.25, 0.3) is 0 Å². The van der Waals surface area contributed by atoms with Gasteiger partial charge < -0.3 is 10.6 Å². The third-order valence-electron chi connectivity index (χ3n) is 3.04. The van der Waals surface area contributed by atoms with Crippen molar-refractivity contribution in [2.75, 3.05) is 11.9 Å². The molecule has 0 fully saturated rings. The van der Waals surface area contributed by atoms with Crippen molar-refractivity contribution in [1.29, 1.82) is 5.41 Å². The predicted molar refractivity (Wildman–Crippen MR) is 81.0 cm³/mol. The van der Waals surface area contributed by atoms with Crippen LogP contribution in [0.3, 0.4) is 0 Å². The van der Waals surface area contributed by atoms with Gasteiger partial charge in [0.2, 0.25) is 0 Å². The van der Waals surface area contributed by atoms with E-state index in [-0.39, 0.29) is 11.4 Å². The second-order valence-corrected chi connectivity index (χ2v) is 4.90. The fraction of sp³-hybridized carbons (Fsp3) is 0.133. The van der Waals surface area contributed by atoms with E-state index < -0.39 is 5.82 Å². The Morgan fingerprint density at radius 1 is 1.25 bits per heavy atom. The number of nitrogen functional groups attached to an aromatic ring is 1. The molecule has 3 nitrogen and oxygen atoms in total. The molecule has 0 unspecified atom stereocenters. The van der Waals surface area contributed by atoms with E-state index in [9.17, 15) is 4.39 Å². The summed E-state index contributed by atoms with van der Waals surface area (Å²) < 4.78 is 13.8. The molecule has 104 valence electrons. The van der Waals surface area contributed by atoms with Crippen LogP contribution >= 0.6 is 11.6 Å². The number of anilines is 1. The molecule has 0 atom stereocenters. The number of rotatable bonds is 4. The summed E-state index contributed by atoms with van der Waals surface area (Å²) in [6.45, 7) is 0.503. The average molecular weight is 292 g/mol. The van der Waals surface area contributed by atoms with Gasteiger partial charge in [-0.25, -0.2) is 4.39 Å². The van der Waals surface area contributed by atoms with Crippen molar-refractivity contribution >= 4 is 23.1 Å². The van der Waals surface area contributed by atoms with Crippen LogP contribution in [-0.2, 0) is 6.54 Å². The van der Waals surface area contributed by atoms with Crippen molar-refractivity contribution < 1.29 is 4.39 Å². The van der Waals surface area contributed by atoms with Crippen LogP contribution in [0.2, 0.25) is 5.02 Å². The molecule has 0 heterocycles. The van der Waals surface area contributed by atoms with Crippen LogP contribution in [0.5, 0.6) is 0 Å². The second kappa shape index (κ2) is 5.92. The van der Waals surface area contributed by atoms with Gasteiger partial charge in [0.1, 0.15) is 11.7 Å². The van der Waals surface area contributed by atoms with E-state index in [1.807, 2.05) is 36.2 Å². The zero-order valence-electron chi connectivity index (χ0n) is 11.0. The quantitative estimate of drug-likeness (QED) is 0.670. The summed E-state index contributed by atoms with van der Waals surface area (Å²) in [7, 11) is 1.81. The molecule has 0 aliphatic heterocycles. The molecule has 2 aromatic carbocycles. The molecular formula is C15H15ClFN3. The molecule has 0 aliphatic carbocycles. The maximum atomic E-state index is 13.8. The fourth-order valence-corrected chi connectivity index (χ4v) is 2.26. The van der Waals surface area contributed by atoms with Crippen LogP contribution in [0, 0.1) is 11.2 Å². The van der Waals surface area contributed by atoms with E-state index in [1.165, 1.54) is 6.07 Å². The summed E-state index contributed by atoms with van der Waals surface area (Å²) in [5.74, 6) is -0.787. The van der Waals surface area contributed by atoms with Crippen molar-refractivity contribution in [2.24, 2.45) is 5.73 Å². The first kappa shape index (κ1) is 14.3. The SMILES string of the molecule is CN(Cc1ccccc1Cl)c1cccc(F)c1C(=N)N. The number of halogens is 2. The van der Waals surface area contributed by atoms with Gasteiger partial charge in [0.15, 0.2) is 0 Å². The monoisotopic (exact) mass is 291 g/mol. The molecule has 3 N–H and O–H groups in total. The Balaban J connectivity index is 2.35. The fourth-order valence-electron chi connectivity index (χ4n) is 2.06. The van der Waals surface area contributed by atoms with Crippen LogP contribution in [0.15, 0.2) is 42.5 Å². The van der Waals surface area contributed by atoms with Gasteiger partial charge in [-0.05, 0) is 23.8 Å². The smallest absolute Gasteiger partial charge is 0.136 e. The summed E-state index contributed by atoms with van der Waals surface area (Å²) in [5, 5.41) is 8.17. The van der Waals surface area contributed by atoms with Crippen LogP contribution < -0.4 is 10.6 Å². The van der Waals surface area contributed by atoms with Gasteiger partial charge in [-0.2, -0.15) is 0 Å². The second-order valence-electron chi connectivity index (χ2n) is 4.50. The van der Waals surface area contributed by atoms with Crippen molar-refractivity contribution in [3.63, 3.8) is 0 Å². The lowest BCUT2D eigenvalue weighted by Crippen LogP contribution is -2.23. The molecule has 5 heteroatoms. The summed E-state index contributed by atoms with van der Waals surface area (Å²) >= 11 is 6.12. The van der Waals surface area contributed by atoms with Gasteiger partial charge in [0.25, 0.3) is 0 Å². The Kier molecular flexibility index (Phi) is 4.25. The summed E-state index contributed by atoms with van der Waals surface area (Å²) in [6.07, 6.45) is 0. The van der Waals surface area contributed by atoms with Gasteiger partial charge in [-0.3, -0.25) is 5.41 Å². The lowest BCUT2D eigenvalue weighted by molar-refractivity contribution is 0.624. The summed E-state index contributed by atoms with van der Waals surface area (Å²) in [4.78, 5) is 1.82. The molecule has 0 aromatic heterocycles. The lowest BCUT2D eigenvalue weighted by Gasteiger charge is -2.23. The third-order valence-corrected chi connectivity index (χ3v) is 3.41. The minimum atomic E-state index is -0.499. The maximum absolute atomic E-state index is 13.8. The highest BCUT2D eigenvalue weighted by Crippen LogP contribution is 2.25. The first-order chi connectivity index (χ1) is 9.50. The zero-order valence-corrected chi connectivity index (χ0v) is 11.8. The molecule has 0 saturated heterocycles. The van der Waals surface area contributed by atoms with Crippen molar-refractivity contribution in [2.45, 2.75) is 6.54 Å². The Hall–Kier alpha value is -2.07. The van der Waals surface area contributed by atoms with E-state index in [4.69, 9.17) is 22.7 Å². The highest BCUT2D eigenvalue weighted by atomic mass is 35.5. The molecular weight excluding hydrogens is 277 g/mol. The molecule has 0 radical (unpaired) electrons. The normalized spacial score (nSPS) is 10.3. The highest BCUT2D eigenvalue weighted by molar-refractivity contribution is 6.31. The summed E-state index contributed by atoms with van der Waals surface area (Å²) in [6, 6.07) is 12.1. The first-order valence-corrected chi connectivity index (χ1v) is 6.46. The largest absolute Gasteiger partial charge is 0.384 e.